The van der Waals surface area contributed by atoms with Gasteiger partial charge in [0.05, 0.1) is 6.20 Å². The van der Waals surface area contributed by atoms with Crippen molar-refractivity contribution in [2.75, 3.05) is 6.54 Å². The van der Waals surface area contributed by atoms with Crippen molar-refractivity contribution in [1.29, 1.82) is 0 Å². The third-order valence-electron chi connectivity index (χ3n) is 1.42. The van der Waals surface area contributed by atoms with Crippen LogP contribution in [0.4, 0.5) is 0 Å². The number of rotatable bonds is 4. The van der Waals surface area contributed by atoms with Gasteiger partial charge in [0.1, 0.15) is 18.7 Å². The summed E-state index contributed by atoms with van der Waals surface area (Å²) in [5.41, 5.74) is 0. The second kappa shape index (κ2) is 4.40. The minimum absolute atomic E-state index is 0.0406. The number of aromatic nitrogens is 1. The Morgan fingerprint density at radius 1 is 1.64 bits per heavy atom. The van der Waals surface area contributed by atoms with Crippen LogP contribution in [0, 0.1) is 6.92 Å². The number of nitrogens with one attached hydrogen (secondary N) is 1. The summed E-state index contributed by atoms with van der Waals surface area (Å²) >= 11 is 0. The van der Waals surface area contributed by atoms with Gasteiger partial charge in [0, 0.05) is 0 Å². The van der Waals surface area contributed by atoms with E-state index in [1.165, 1.54) is 6.20 Å². The van der Waals surface area contributed by atoms with Crippen LogP contribution in [0.1, 0.15) is 11.7 Å². The maximum absolute atomic E-state index is 11.1. The van der Waals surface area contributed by atoms with Crippen molar-refractivity contribution in [1.82, 2.24) is 10.3 Å². The van der Waals surface area contributed by atoms with E-state index in [1.54, 1.807) is 6.92 Å². The first kappa shape index (κ1) is 10.2. The number of oxazole rings is 1. The third kappa shape index (κ3) is 3.26. The van der Waals surface area contributed by atoms with Crippen LogP contribution < -0.4 is 5.32 Å². The molecule has 6 heteroatoms. The van der Waals surface area contributed by atoms with Crippen molar-refractivity contribution in [3.8, 4) is 0 Å². The smallest absolute Gasteiger partial charge is 0.322 e. The number of hydrogen-bond donors (Lipinski definition) is 2. The molecule has 2 N–H and O–H groups in total. The summed E-state index contributed by atoms with van der Waals surface area (Å²) in [6, 6.07) is 0. The third-order valence-corrected chi connectivity index (χ3v) is 1.42. The summed E-state index contributed by atoms with van der Waals surface area (Å²) in [5.74, 6) is -0.604. The van der Waals surface area contributed by atoms with Gasteiger partial charge in [0.2, 0.25) is 11.8 Å². The van der Waals surface area contributed by atoms with Crippen LogP contribution in [0.3, 0.4) is 0 Å². The van der Waals surface area contributed by atoms with E-state index < -0.39 is 18.4 Å². The molecular formula is C8H10N2O4. The van der Waals surface area contributed by atoms with Crippen LogP contribution in [0.15, 0.2) is 10.6 Å². The van der Waals surface area contributed by atoms with E-state index in [0.717, 1.165) is 0 Å². The molecule has 0 aromatic carbocycles. The fourth-order valence-corrected chi connectivity index (χ4v) is 0.857. The van der Waals surface area contributed by atoms with E-state index in [9.17, 15) is 9.59 Å². The van der Waals surface area contributed by atoms with Gasteiger partial charge in [-0.3, -0.25) is 9.59 Å². The highest BCUT2D eigenvalue weighted by molar-refractivity contribution is 5.82. The Morgan fingerprint density at radius 2 is 2.36 bits per heavy atom. The Hall–Kier alpha value is -1.85. The zero-order valence-electron chi connectivity index (χ0n) is 7.61. The van der Waals surface area contributed by atoms with E-state index in [-0.39, 0.29) is 12.3 Å². The number of carbonyl (C=O) groups excluding carboxylic acids is 1. The van der Waals surface area contributed by atoms with Crippen molar-refractivity contribution in [3.63, 3.8) is 0 Å². The molecule has 14 heavy (non-hydrogen) atoms. The van der Waals surface area contributed by atoms with Gasteiger partial charge >= 0.3 is 5.97 Å². The van der Waals surface area contributed by atoms with Gasteiger partial charge in [-0.25, -0.2) is 4.98 Å². The highest BCUT2D eigenvalue weighted by Gasteiger charge is 2.08. The quantitative estimate of drug-likeness (QED) is 0.694. The van der Waals surface area contributed by atoms with Gasteiger partial charge in [-0.1, -0.05) is 0 Å². The maximum atomic E-state index is 11.1. The summed E-state index contributed by atoms with van der Waals surface area (Å²) in [6.45, 7) is 1.32. The molecule has 1 heterocycles. The highest BCUT2D eigenvalue weighted by atomic mass is 16.4. The molecule has 1 aromatic rings. The summed E-state index contributed by atoms with van der Waals surface area (Å²) < 4.78 is 5.04. The molecule has 0 unspecified atom stereocenters. The lowest BCUT2D eigenvalue weighted by Crippen LogP contribution is -2.30. The molecular weight excluding hydrogens is 188 g/mol. The Labute approximate surface area is 79.9 Å². The summed E-state index contributed by atoms with van der Waals surface area (Å²) in [6.07, 6.45) is 1.46. The monoisotopic (exact) mass is 198 g/mol. The molecule has 0 radical (unpaired) electrons. The minimum atomic E-state index is -1.08. The van der Waals surface area contributed by atoms with Crippen LogP contribution in [0.25, 0.3) is 0 Å². The lowest BCUT2D eigenvalue weighted by molar-refractivity contribution is -0.137. The van der Waals surface area contributed by atoms with Gasteiger partial charge in [-0.15, -0.1) is 0 Å². The predicted molar refractivity (Wildman–Crippen MR) is 45.6 cm³/mol. The van der Waals surface area contributed by atoms with Gasteiger partial charge in [0.25, 0.3) is 0 Å². The van der Waals surface area contributed by atoms with Crippen LogP contribution in [0.5, 0.6) is 0 Å². The average Bonchev–Trinajstić information content (AvgIpc) is 2.48. The van der Waals surface area contributed by atoms with Crippen molar-refractivity contribution in [2.45, 2.75) is 13.3 Å². The highest BCUT2D eigenvalue weighted by Crippen LogP contribution is 2.01. The van der Waals surface area contributed by atoms with Crippen molar-refractivity contribution < 1.29 is 19.1 Å². The van der Waals surface area contributed by atoms with Gasteiger partial charge in [-0.2, -0.15) is 0 Å². The van der Waals surface area contributed by atoms with Crippen LogP contribution in [-0.2, 0) is 16.0 Å². The van der Waals surface area contributed by atoms with Gasteiger partial charge in [0.15, 0.2) is 0 Å². The first-order chi connectivity index (χ1) is 6.58. The normalized spacial score (nSPS) is 9.79. The molecule has 1 rings (SSSR count). The van der Waals surface area contributed by atoms with Gasteiger partial charge < -0.3 is 14.8 Å². The van der Waals surface area contributed by atoms with E-state index >= 15 is 0 Å². The number of carbonyl (C=O) groups is 2. The Morgan fingerprint density at radius 3 is 2.86 bits per heavy atom. The first-order valence-electron chi connectivity index (χ1n) is 3.97. The number of amides is 1. The van der Waals surface area contributed by atoms with Crippen LogP contribution in [-0.4, -0.2) is 28.5 Å². The number of hydrogen-bond acceptors (Lipinski definition) is 4. The molecule has 0 fully saturated rings. The molecule has 0 aliphatic rings. The summed E-state index contributed by atoms with van der Waals surface area (Å²) in [7, 11) is 0. The number of aryl methyl sites for hydroxylation is 1. The van der Waals surface area contributed by atoms with Crippen molar-refractivity contribution in [2.24, 2.45) is 0 Å². The minimum Gasteiger partial charge on any atom is -0.480 e. The zero-order valence-corrected chi connectivity index (χ0v) is 7.61. The first-order valence-corrected chi connectivity index (χ1v) is 3.97. The van der Waals surface area contributed by atoms with E-state index in [2.05, 4.69) is 10.3 Å². The fourth-order valence-electron chi connectivity index (χ4n) is 0.857. The molecule has 1 aromatic heterocycles. The van der Waals surface area contributed by atoms with Crippen LogP contribution in [0.2, 0.25) is 0 Å². The molecule has 6 nitrogen and oxygen atoms in total. The average molecular weight is 198 g/mol. The topological polar surface area (TPSA) is 92.4 Å². The molecule has 0 spiro atoms. The molecule has 0 saturated carbocycles. The Kier molecular flexibility index (Phi) is 3.22. The van der Waals surface area contributed by atoms with Crippen molar-refractivity contribution >= 4 is 11.9 Å². The maximum Gasteiger partial charge on any atom is 0.322 e. The predicted octanol–water partition coefficient (Wildman–Crippen LogP) is -0.274. The lowest BCUT2D eigenvalue weighted by atomic mass is 10.4. The molecule has 1 amide bonds. The Balaban J connectivity index is 2.37. The van der Waals surface area contributed by atoms with E-state index in [1.807, 2.05) is 0 Å². The molecule has 76 valence electrons. The fraction of sp³-hybridized carbons (Fsp3) is 0.375. The second-order valence-corrected chi connectivity index (χ2v) is 2.71. The van der Waals surface area contributed by atoms with E-state index in [4.69, 9.17) is 9.52 Å². The number of carboxylic acid groups (broad SMARTS) is 1. The van der Waals surface area contributed by atoms with Crippen molar-refractivity contribution in [3.05, 3.63) is 17.8 Å². The summed E-state index contributed by atoms with van der Waals surface area (Å²) in [5, 5.41) is 10.5. The number of nitrogens with zero attached hydrogens (tertiary/aromatic N) is 1. The Bertz CT molecular complexity index is 345. The van der Waals surface area contributed by atoms with E-state index in [0.29, 0.717) is 5.76 Å². The number of carboxylic acids is 1. The molecule has 0 bridgehead atoms. The number of aliphatic carboxylic acids is 1. The molecule has 0 saturated heterocycles. The van der Waals surface area contributed by atoms with Gasteiger partial charge in [-0.05, 0) is 6.92 Å². The lowest BCUT2D eigenvalue weighted by Gasteiger charge is -1.98. The summed E-state index contributed by atoms with van der Waals surface area (Å²) in [4.78, 5) is 25.0. The molecule has 0 aliphatic heterocycles. The second-order valence-electron chi connectivity index (χ2n) is 2.71. The SMILES string of the molecule is Cc1cnc(CC(=O)NCC(=O)O)o1. The zero-order chi connectivity index (χ0) is 10.6. The largest absolute Gasteiger partial charge is 0.480 e. The molecule has 0 atom stereocenters. The molecule has 0 aliphatic carbocycles. The van der Waals surface area contributed by atoms with Crippen LogP contribution >= 0.6 is 0 Å². The standard InChI is InChI=1S/C8H10N2O4/c1-5-3-10-7(14-5)2-6(11)9-4-8(12)13/h3H,2,4H2,1H3,(H,9,11)(H,12,13).